The number of anilines is 1. The highest BCUT2D eigenvalue weighted by molar-refractivity contribution is 5.51. The predicted molar refractivity (Wildman–Crippen MR) is 70.7 cm³/mol. The highest BCUT2D eigenvalue weighted by Gasteiger charge is 2.24. The lowest BCUT2D eigenvalue weighted by atomic mass is 9.80. The summed E-state index contributed by atoms with van der Waals surface area (Å²) in [6, 6.07) is 5.77. The highest BCUT2D eigenvalue weighted by Crippen LogP contribution is 2.31. The predicted octanol–water partition coefficient (Wildman–Crippen LogP) is 4.37. The SMILES string of the molecule is Cc1c(F)cccc1NC1CC(C)CC(C)C1. The molecule has 1 fully saturated rings. The first-order valence-corrected chi connectivity index (χ1v) is 6.58. The molecule has 1 aliphatic rings. The van der Waals surface area contributed by atoms with Gasteiger partial charge in [-0.1, -0.05) is 19.9 Å². The topological polar surface area (TPSA) is 12.0 Å². The molecule has 1 nitrogen and oxygen atoms in total. The zero-order chi connectivity index (χ0) is 12.4. The smallest absolute Gasteiger partial charge is 0.128 e. The monoisotopic (exact) mass is 235 g/mol. The van der Waals surface area contributed by atoms with Gasteiger partial charge < -0.3 is 5.32 Å². The third-order valence-electron chi connectivity index (χ3n) is 3.81. The number of halogens is 1. The second kappa shape index (κ2) is 5.07. The molecule has 2 unspecified atom stereocenters. The van der Waals surface area contributed by atoms with E-state index in [0.717, 1.165) is 23.1 Å². The fraction of sp³-hybridized carbons (Fsp3) is 0.600. The molecule has 0 bridgehead atoms. The Bertz CT molecular complexity index is 379. The van der Waals surface area contributed by atoms with Gasteiger partial charge in [0.1, 0.15) is 5.82 Å². The van der Waals surface area contributed by atoms with Crippen molar-refractivity contribution in [2.75, 3.05) is 5.32 Å². The van der Waals surface area contributed by atoms with Gasteiger partial charge in [-0.15, -0.1) is 0 Å². The van der Waals surface area contributed by atoms with Crippen molar-refractivity contribution < 1.29 is 4.39 Å². The van der Waals surface area contributed by atoms with E-state index in [2.05, 4.69) is 19.2 Å². The lowest BCUT2D eigenvalue weighted by molar-refractivity contribution is 0.280. The molecule has 2 heteroatoms. The molecule has 0 saturated heterocycles. The average molecular weight is 235 g/mol. The summed E-state index contributed by atoms with van der Waals surface area (Å²) in [6.07, 6.45) is 3.71. The van der Waals surface area contributed by atoms with Crippen LogP contribution in [0.1, 0.15) is 38.7 Å². The van der Waals surface area contributed by atoms with Crippen LogP contribution >= 0.6 is 0 Å². The van der Waals surface area contributed by atoms with Crippen molar-refractivity contribution in [3.8, 4) is 0 Å². The summed E-state index contributed by atoms with van der Waals surface area (Å²) in [5, 5.41) is 3.51. The van der Waals surface area contributed by atoms with Gasteiger partial charge in [-0.2, -0.15) is 0 Å². The maximum Gasteiger partial charge on any atom is 0.128 e. The summed E-state index contributed by atoms with van der Waals surface area (Å²) < 4.78 is 13.4. The highest BCUT2D eigenvalue weighted by atomic mass is 19.1. The molecule has 1 aliphatic carbocycles. The van der Waals surface area contributed by atoms with E-state index < -0.39 is 0 Å². The minimum Gasteiger partial charge on any atom is -0.382 e. The molecule has 17 heavy (non-hydrogen) atoms. The molecule has 0 radical (unpaired) electrons. The Morgan fingerprint density at radius 3 is 2.41 bits per heavy atom. The third kappa shape index (κ3) is 2.99. The van der Waals surface area contributed by atoms with Crippen LogP contribution in [0.5, 0.6) is 0 Å². The molecule has 1 N–H and O–H groups in total. The van der Waals surface area contributed by atoms with Gasteiger partial charge in [0.2, 0.25) is 0 Å². The summed E-state index contributed by atoms with van der Waals surface area (Å²) in [7, 11) is 0. The Morgan fingerprint density at radius 1 is 1.12 bits per heavy atom. The lowest BCUT2D eigenvalue weighted by Crippen LogP contribution is -2.30. The summed E-state index contributed by atoms with van der Waals surface area (Å²) in [4.78, 5) is 0. The van der Waals surface area contributed by atoms with E-state index in [1.165, 1.54) is 25.3 Å². The average Bonchev–Trinajstić information content (AvgIpc) is 2.23. The molecule has 0 aliphatic heterocycles. The minimum atomic E-state index is -0.119. The van der Waals surface area contributed by atoms with Crippen molar-refractivity contribution >= 4 is 5.69 Å². The van der Waals surface area contributed by atoms with Crippen LogP contribution in [0.3, 0.4) is 0 Å². The van der Waals surface area contributed by atoms with Crippen molar-refractivity contribution in [3.05, 3.63) is 29.6 Å². The fourth-order valence-electron chi connectivity index (χ4n) is 3.05. The van der Waals surface area contributed by atoms with Gasteiger partial charge in [0.05, 0.1) is 0 Å². The van der Waals surface area contributed by atoms with Gasteiger partial charge in [0, 0.05) is 17.3 Å². The van der Waals surface area contributed by atoms with Gasteiger partial charge in [0.25, 0.3) is 0 Å². The van der Waals surface area contributed by atoms with Crippen molar-refractivity contribution in [2.24, 2.45) is 11.8 Å². The molecule has 2 atom stereocenters. The van der Waals surface area contributed by atoms with E-state index in [-0.39, 0.29) is 5.82 Å². The summed E-state index contributed by atoms with van der Waals surface area (Å²) in [6.45, 7) is 6.46. The van der Waals surface area contributed by atoms with Crippen LogP contribution in [0.4, 0.5) is 10.1 Å². The van der Waals surface area contributed by atoms with Crippen LogP contribution in [-0.2, 0) is 0 Å². The normalized spacial score (nSPS) is 29.1. The van der Waals surface area contributed by atoms with Crippen LogP contribution in [0.15, 0.2) is 18.2 Å². The van der Waals surface area contributed by atoms with Gasteiger partial charge in [-0.25, -0.2) is 4.39 Å². The molecule has 0 heterocycles. The number of benzene rings is 1. The van der Waals surface area contributed by atoms with Crippen LogP contribution in [-0.4, -0.2) is 6.04 Å². The largest absolute Gasteiger partial charge is 0.382 e. The minimum absolute atomic E-state index is 0.119. The first-order valence-electron chi connectivity index (χ1n) is 6.58. The molecule has 0 aromatic heterocycles. The molecule has 1 aromatic carbocycles. The van der Waals surface area contributed by atoms with Crippen molar-refractivity contribution in [3.63, 3.8) is 0 Å². The first-order chi connectivity index (χ1) is 8.06. The second-order valence-electron chi connectivity index (χ2n) is 5.67. The zero-order valence-corrected chi connectivity index (χ0v) is 11.0. The number of nitrogens with one attached hydrogen (secondary N) is 1. The lowest BCUT2D eigenvalue weighted by Gasteiger charge is -2.33. The van der Waals surface area contributed by atoms with Crippen LogP contribution < -0.4 is 5.32 Å². The summed E-state index contributed by atoms with van der Waals surface area (Å²) in [5.41, 5.74) is 1.69. The zero-order valence-electron chi connectivity index (χ0n) is 11.0. The maximum absolute atomic E-state index is 13.4. The van der Waals surface area contributed by atoms with E-state index in [9.17, 15) is 4.39 Å². The number of rotatable bonds is 2. The Morgan fingerprint density at radius 2 is 1.76 bits per heavy atom. The van der Waals surface area contributed by atoms with E-state index in [0.29, 0.717) is 6.04 Å². The Balaban J connectivity index is 2.07. The van der Waals surface area contributed by atoms with Gasteiger partial charge in [0.15, 0.2) is 0 Å². The molecule has 2 rings (SSSR count). The maximum atomic E-state index is 13.4. The first kappa shape index (κ1) is 12.4. The molecule has 1 saturated carbocycles. The Labute approximate surface area is 103 Å². The van der Waals surface area contributed by atoms with Crippen LogP contribution in [0.2, 0.25) is 0 Å². The van der Waals surface area contributed by atoms with Gasteiger partial charge in [-0.3, -0.25) is 0 Å². The molecule has 1 aromatic rings. The van der Waals surface area contributed by atoms with Crippen LogP contribution in [0.25, 0.3) is 0 Å². The van der Waals surface area contributed by atoms with Crippen molar-refractivity contribution in [1.82, 2.24) is 0 Å². The van der Waals surface area contributed by atoms with E-state index in [1.54, 1.807) is 6.07 Å². The van der Waals surface area contributed by atoms with Crippen LogP contribution in [0, 0.1) is 24.6 Å². The van der Waals surface area contributed by atoms with E-state index >= 15 is 0 Å². The van der Waals surface area contributed by atoms with E-state index in [1.807, 2.05) is 13.0 Å². The Kier molecular flexibility index (Phi) is 3.70. The third-order valence-corrected chi connectivity index (χ3v) is 3.81. The quantitative estimate of drug-likeness (QED) is 0.802. The summed E-state index contributed by atoms with van der Waals surface area (Å²) >= 11 is 0. The van der Waals surface area contributed by atoms with E-state index in [4.69, 9.17) is 0 Å². The standard InChI is InChI=1S/C15H22FN/c1-10-7-11(2)9-13(8-10)17-15-6-4-5-14(16)12(15)3/h4-6,10-11,13,17H,7-9H2,1-3H3. The van der Waals surface area contributed by atoms with Crippen molar-refractivity contribution in [2.45, 2.75) is 46.1 Å². The Hall–Kier alpha value is -1.05. The molecule has 0 spiro atoms. The van der Waals surface area contributed by atoms with Crippen molar-refractivity contribution in [1.29, 1.82) is 0 Å². The number of hydrogen-bond donors (Lipinski definition) is 1. The molecular weight excluding hydrogens is 213 g/mol. The molecular formula is C15H22FN. The second-order valence-corrected chi connectivity index (χ2v) is 5.67. The summed E-state index contributed by atoms with van der Waals surface area (Å²) in [5.74, 6) is 1.42. The molecule has 0 amide bonds. The van der Waals surface area contributed by atoms with Gasteiger partial charge in [-0.05, 0) is 50.2 Å². The molecule has 94 valence electrons. The number of hydrogen-bond acceptors (Lipinski definition) is 1. The fourth-order valence-corrected chi connectivity index (χ4v) is 3.05. The van der Waals surface area contributed by atoms with Gasteiger partial charge >= 0.3 is 0 Å².